The maximum absolute atomic E-state index is 11.3. The summed E-state index contributed by atoms with van der Waals surface area (Å²) in [6.07, 6.45) is -1.51. The molecule has 2 aromatic rings. The Morgan fingerprint density at radius 1 is 0.895 bits per heavy atom. The van der Waals surface area contributed by atoms with Crippen molar-refractivity contribution in [1.29, 1.82) is 0 Å². The third-order valence-electron chi connectivity index (χ3n) is 2.02. The van der Waals surface area contributed by atoms with Gasteiger partial charge in [0, 0.05) is 18.2 Å². The summed E-state index contributed by atoms with van der Waals surface area (Å²) in [5.74, 6) is -3.60. The van der Waals surface area contributed by atoms with Gasteiger partial charge in [-0.25, -0.2) is 0 Å². The Morgan fingerprint density at radius 3 is 1.89 bits per heavy atom. The molecule has 2 aromatic heterocycles. The predicted octanol–water partition coefficient (Wildman–Crippen LogP) is -0.505. The van der Waals surface area contributed by atoms with Crippen LogP contribution in [0.1, 0.15) is 0 Å². The van der Waals surface area contributed by atoms with Gasteiger partial charge in [0.2, 0.25) is 17.6 Å². The Labute approximate surface area is 104 Å². The monoisotopic (exact) mass is 272 g/mol. The number of rotatable bonds is 2. The highest BCUT2D eigenvalue weighted by Crippen LogP contribution is 2.31. The SMILES string of the molecule is O=C(On1c(O)ccc1O)On1c(O)cc(O)c1O. The molecule has 0 atom stereocenters. The lowest BCUT2D eigenvalue weighted by molar-refractivity contribution is 0.0200. The lowest BCUT2D eigenvalue weighted by atomic mass is 10.6. The van der Waals surface area contributed by atoms with Crippen LogP contribution in [0, 0.1) is 0 Å². The first-order valence-corrected chi connectivity index (χ1v) is 4.73. The van der Waals surface area contributed by atoms with Crippen LogP contribution in [-0.2, 0) is 0 Å². The first-order chi connectivity index (χ1) is 8.90. The van der Waals surface area contributed by atoms with Crippen LogP contribution >= 0.6 is 0 Å². The lowest BCUT2D eigenvalue weighted by Crippen LogP contribution is -2.28. The largest absolute Gasteiger partial charge is 0.560 e. The van der Waals surface area contributed by atoms with Crippen molar-refractivity contribution >= 4 is 6.16 Å². The molecule has 102 valence electrons. The van der Waals surface area contributed by atoms with Crippen molar-refractivity contribution in [3.05, 3.63) is 18.2 Å². The molecule has 0 radical (unpaired) electrons. The lowest BCUT2D eigenvalue weighted by Gasteiger charge is -2.08. The number of carbonyl (C=O) groups is 1. The Balaban J connectivity index is 2.14. The minimum absolute atomic E-state index is 0.176. The summed E-state index contributed by atoms with van der Waals surface area (Å²) in [6.45, 7) is 0. The van der Waals surface area contributed by atoms with Gasteiger partial charge in [-0.2, -0.15) is 4.79 Å². The molecule has 0 aromatic carbocycles. The van der Waals surface area contributed by atoms with Gasteiger partial charge in [-0.1, -0.05) is 4.73 Å². The average molecular weight is 272 g/mol. The fourth-order valence-electron chi connectivity index (χ4n) is 1.21. The summed E-state index contributed by atoms with van der Waals surface area (Å²) < 4.78 is 0.509. The van der Waals surface area contributed by atoms with Crippen molar-refractivity contribution < 1.29 is 40.0 Å². The summed E-state index contributed by atoms with van der Waals surface area (Å²) in [5, 5.41) is 45.8. The van der Waals surface area contributed by atoms with Gasteiger partial charge >= 0.3 is 6.16 Å². The summed E-state index contributed by atoms with van der Waals surface area (Å²) in [7, 11) is 0. The normalized spacial score (nSPS) is 10.3. The second-order valence-electron chi connectivity index (χ2n) is 3.28. The van der Waals surface area contributed by atoms with Gasteiger partial charge in [-0.05, 0) is 0 Å². The van der Waals surface area contributed by atoms with Gasteiger partial charge < -0.3 is 25.5 Å². The molecule has 0 aliphatic rings. The molecule has 19 heavy (non-hydrogen) atoms. The van der Waals surface area contributed by atoms with Crippen LogP contribution in [0.3, 0.4) is 0 Å². The van der Waals surface area contributed by atoms with E-state index < -0.39 is 35.4 Å². The number of aromatic nitrogens is 2. The zero-order valence-electron chi connectivity index (χ0n) is 9.09. The molecule has 0 fully saturated rings. The number of carbonyl (C=O) groups excluding carboxylic acids is 1. The van der Waals surface area contributed by atoms with E-state index in [2.05, 4.69) is 9.68 Å². The number of hydrogen-bond acceptors (Lipinski definition) is 8. The van der Waals surface area contributed by atoms with Crippen molar-refractivity contribution in [2.45, 2.75) is 0 Å². The highest BCUT2D eigenvalue weighted by Gasteiger charge is 2.20. The molecule has 0 saturated carbocycles. The van der Waals surface area contributed by atoms with E-state index in [0.29, 0.717) is 10.8 Å². The summed E-state index contributed by atoms with van der Waals surface area (Å²) in [4.78, 5) is 20.0. The van der Waals surface area contributed by atoms with E-state index in [4.69, 9.17) is 5.11 Å². The van der Waals surface area contributed by atoms with Crippen molar-refractivity contribution in [3.8, 4) is 29.3 Å². The van der Waals surface area contributed by atoms with Gasteiger partial charge in [0.05, 0.1) is 0 Å². The van der Waals surface area contributed by atoms with Gasteiger partial charge in [0.25, 0.3) is 5.88 Å². The Hall–Kier alpha value is -3.17. The van der Waals surface area contributed by atoms with Gasteiger partial charge in [0.1, 0.15) is 0 Å². The van der Waals surface area contributed by atoms with Crippen LogP contribution in [0.15, 0.2) is 18.2 Å². The van der Waals surface area contributed by atoms with E-state index in [1.54, 1.807) is 0 Å². The van der Waals surface area contributed by atoms with Crippen LogP contribution in [0.4, 0.5) is 4.79 Å². The van der Waals surface area contributed by atoms with E-state index >= 15 is 0 Å². The molecule has 0 amide bonds. The molecule has 2 heterocycles. The van der Waals surface area contributed by atoms with Crippen molar-refractivity contribution in [3.63, 3.8) is 0 Å². The third kappa shape index (κ3) is 2.13. The smallest absolute Gasteiger partial charge is 0.503 e. The van der Waals surface area contributed by atoms with Gasteiger partial charge in [-0.15, -0.1) is 4.73 Å². The van der Waals surface area contributed by atoms with Crippen LogP contribution in [0.2, 0.25) is 0 Å². The topological polar surface area (TPSA) is 147 Å². The second kappa shape index (κ2) is 4.25. The van der Waals surface area contributed by atoms with E-state index in [1.807, 2.05) is 0 Å². The molecule has 0 saturated heterocycles. The number of aromatic hydroxyl groups is 5. The highest BCUT2D eigenvalue weighted by molar-refractivity contribution is 5.61. The quantitative estimate of drug-likeness (QED) is 0.491. The molecule has 5 N–H and O–H groups in total. The zero-order valence-corrected chi connectivity index (χ0v) is 9.09. The van der Waals surface area contributed by atoms with Crippen molar-refractivity contribution in [2.75, 3.05) is 0 Å². The van der Waals surface area contributed by atoms with Crippen LogP contribution in [-0.4, -0.2) is 41.1 Å². The van der Waals surface area contributed by atoms with Crippen molar-refractivity contribution in [2.24, 2.45) is 0 Å². The first-order valence-electron chi connectivity index (χ1n) is 4.73. The van der Waals surface area contributed by atoms with E-state index in [9.17, 15) is 25.2 Å². The first kappa shape index (κ1) is 12.3. The molecule has 2 rings (SSSR count). The van der Waals surface area contributed by atoms with Crippen molar-refractivity contribution in [1.82, 2.24) is 9.46 Å². The molecule has 0 aliphatic carbocycles. The number of nitrogens with zero attached hydrogens (tertiary/aromatic N) is 2. The average Bonchev–Trinajstić information content (AvgIpc) is 2.77. The molecule has 0 spiro atoms. The molecule has 0 unspecified atom stereocenters. The maximum Gasteiger partial charge on any atom is 0.560 e. The molecular weight excluding hydrogens is 264 g/mol. The molecular formula is C9H8N2O8. The van der Waals surface area contributed by atoms with Gasteiger partial charge in [-0.3, -0.25) is 9.68 Å². The van der Waals surface area contributed by atoms with E-state index in [0.717, 1.165) is 12.1 Å². The highest BCUT2D eigenvalue weighted by atomic mass is 16.9. The minimum Gasteiger partial charge on any atom is -0.503 e. The standard InChI is InChI=1S/C9H8N2O8/c12-4-3-7(15)11(8(4)16)19-9(17)18-10-5(13)1-2-6(10)14/h1-3,12-16H. The van der Waals surface area contributed by atoms with Crippen LogP contribution in [0.25, 0.3) is 0 Å². The second-order valence-corrected chi connectivity index (χ2v) is 3.28. The van der Waals surface area contributed by atoms with Crippen LogP contribution < -0.4 is 9.68 Å². The Bertz CT molecular complexity index is 609. The zero-order chi connectivity index (χ0) is 14.2. The fourth-order valence-corrected chi connectivity index (χ4v) is 1.21. The third-order valence-corrected chi connectivity index (χ3v) is 2.02. The molecule has 0 aliphatic heterocycles. The maximum atomic E-state index is 11.3. The molecule has 10 nitrogen and oxygen atoms in total. The minimum atomic E-state index is -1.51. The van der Waals surface area contributed by atoms with E-state index in [-0.39, 0.29) is 4.73 Å². The van der Waals surface area contributed by atoms with Crippen LogP contribution in [0.5, 0.6) is 29.3 Å². The fraction of sp³-hybridized carbons (Fsp3) is 0. The predicted molar refractivity (Wildman–Crippen MR) is 55.7 cm³/mol. The molecule has 10 heteroatoms. The van der Waals surface area contributed by atoms with E-state index in [1.165, 1.54) is 0 Å². The number of hydrogen-bond donors (Lipinski definition) is 5. The summed E-state index contributed by atoms with van der Waals surface area (Å²) in [6, 6.07) is 2.80. The van der Waals surface area contributed by atoms with Gasteiger partial charge in [0.15, 0.2) is 5.75 Å². The summed E-state index contributed by atoms with van der Waals surface area (Å²) >= 11 is 0. The molecule has 0 bridgehead atoms. The Kier molecular flexibility index (Phi) is 2.75. The Morgan fingerprint density at radius 2 is 1.42 bits per heavy atom. The summed E-state index contributed by atoms with van der Waals surface area (Å²) in [5.41, 5.74) is 0.